The summed E-state index contributed by atoms with van der Waals surface area (Å²) in [6, 6.07) is 70.9. The fourth-order valence-electron chi connectivity index (χ4n) is 8.81. The zero-order chi connectivity index (χ0) is 39.6. The molecule has 0 bridgehead atoms. The summed E-state index contributed by atoms with van der Waals surface area (Å²) in [5, 5.41) is 10.8. The van der Waals surface area contributed by atoms with E-state index in [1.807, 2.05) is 23.5 Å². The second-order valence-electron chi connectivity index (χ2n) is 15.3. The standard InChI is InChI=1S/C55H35N3OS/c1-3-12-34(13-4-1)40-30-31-48-47(33-40)50-46(22-11-23-49(50)59-48)55-57-53(56-54(58-55)41-29-24-35-14-7-8-17-39(35)32-41)38-27-25-37(26-28-38)43-19-10-21-45-44-20-9-18-42(51(44)60-52(43)45)36-15-5-2-6-16-36/h1-33,55H,(H,56,57,58). The van der Waals surface area contributed by atoms with Crippen molar-refractivity contribution in [2.45, 2.75) is 6.17 Å². The smallest absolute Gasteiger partial charge is 0.159 e. The van der Waals surface area contributed by atoms with Crippen LogP contribution >= 0.6 is 11.3 Å². The maximum absolute atomic E-state index is 6.47. The number of benzene rings is 9. The lowest BCUT2D eigenvalue weighted by molar-refractivity contribution is 0.662. The van der Waals surface area contributed by atoms with Crippen molar-refractivity contribution >= 4 is 75.9 Å². The minimum atomic E-state index is -0.422. The molecule has 282 valence electrons. The summed E-state index contributed by atoms with van der Waals surface area (Å²) in [6.07, 6.45) is -0.422. The molecule has 1 aliphatic rings. The monoisotopic (exact) mass is 785 g/mol. The van der Waals surface area contributed by atoms with Crippen LogP contribution in [0.4, 0.5) is 0 Å². The minimum Gasteiger partial charge on any atom is -0.456 e. The number of hydrogen-bond donors (Lipinski definition) is 1. The van der Waals surface area contributed by atoms with E-state index in [9.17, 15) is 0 Å². The number of furan rings is 1. The molecule has 12 rings (SSSR count). The average Bonchev–Trinajstić information content (AvgIpc) is 3.90. The summed E-state index contributed by atoms with van der Waals surface area (Å²) in [6.45, 7) is 0. The summed E-state index contributed by atoms with van der Waals surface area (Å²) in [5.74, 6) is 1.45. The van der Waals surface area contributed by atoms with E-state index in [1.54, 1.807) is 0 Å². The SMILES string of the molecule is c1ccc(-c2ccc3oc4cccc(C5N=C(c6ccc(-c7cccc8c7sc7c(-c9ccccc9)cccc78)cc6)N=C(c6ccc7ccccc7c6)N5)c4c3c2)cc1. The second kappa shape index (κ2) is 14.0. The molecule has 1 atom stereocenters. The maximum atomic E-state index is 6.47. The number of aliphatic imine (C=N–C) groups is 2. The zero-order valence-corrected chi connectivity index (χ0v) is 33.2. The van der Waals surface area contributed by atoms with Gasteiger partial charge in [-0.25, -0.2) is 9.98 Å². The first-order valence-corrected chi connectivity index (χ1v) is 21.1. The van der Waals surface area contributed by atoms with Crippen molar-refractivity contribution in [2.75, 3.05) is 0 Å². The highest BCUT2D eigenvalue weighted by Gasteiger charge is 2.25. The third-order valence-corrected chi connectivity index (χ3v) is 13.0. The van der Waals surface area contributed by atoms with Crippen molar-refractivity contribution in [3.05, 3.63) is 217 Å². The Morgan fingerprint density at radius 2 is 1.05 bits per heavy atom. The summed E-state index contributed by atoms with van der Waals surface area (Å²) >= 11 is 1.87. The molecule has 1 aliphatic heterocycles. The third-order valence-electron chi connectivity index (χ3n) is 11.8. The lowest BCUT2D eigenvalue weighted by Gasteiger charge is -2.24. The third kappa shape index (κ3) is 5.82. The molecule has 0 amide bonds. The van der Waals surface area contributed by atoms with Crippen LogP contribution in [-0.4, -0.2) is 11.7 Å². The summed E-state index contributed by atoms with van der Waals surface area (Å²) < 4.78 is 9.07. The zero-order valence-electron chi connectivity index (χ0n) is 32.3. The fraction of sp³-hybridized carbons (Fsp3) is 0.0182. The van der Waals surface area contributed by atoms with Crippen molar-refractivity contribution in [3.8, 4) is 33.4 Å². The fourth-order valence-corrected chi connectivity index (χ4v) is 10.2. The molecule has 11 aromatic rings. The molecule has 0 aliphatic carbocycles. The number of fused-ring (bicyclic) bond motifs is 7. The molecule has 0 spiro atoms. The van der Waals surface area contributed by atoms with Gasteiger partial charge in [0.05, 0.1) is 0 Å². The Hall–Kier alpha value is -7.60. The van der Waals surface area contributed by atoms with Crippen molar-refractivity contribution < 1.29 is 4.42 Å². The van der Waals surface area contributed by atoms with Crippen LogP contribution in [0.1, 0.15) is 22.9 Å². The summed E-state index contributed by atoms with van der Waals surface area (Å²) in [7, 11) is 0. The molecule has 3 heterocycles. The van der Waals surface area contributed by atoms with Gasteiger partial charge in [0, 0.05) is 47.6 Å². The molecule has 0 radical (unpaired) electrons. The van der Waals surface area contributed by atoms with Crippen LogP contribution in [0, 0.1) is 0 Å². The normalized spacial score (nSPS) is 14.2. The van der Waals surface area contributed by atoms with Crippen LogP contribution in [-0.2, 0) is 0 Å². The molecular weight excluding hydrogens is 751 g/mol. The highest BCUT2D eigenvalue weighted by Crippen LogP contribution is 2.44. The number of nitrogens with one attached hydrogen (secondary N) is 1. The van der Waals surface area contributed by atoms with Gasteiger partial charge in [-0.05, 0) is 68.4 Å². The van der Waals surface area contributed by atoms with Crippen molar-refractivity contribution in [2.24, 2.45) is 9.98 Å². The summed E-state index contributed by atoms with van der Waals surface area (Å²) in [4.78, 5) is 10.6. The lowest BCUT2D eigenvalue weighted by atomic mass is 9.99. The van der Waals surface area contributed by atoms with Crippen molar-refractivity contribution in [1.29, 1.82) is 0 Å². The second-order valence-corrected chi connectivity index (χ2v) is 16.4. The molecule has 0 saturated carbocycles. The van der Waals surface area contributed by atoms with Gasteiger partial charge in [0.25, 0.3) is 0 Å². The Kier molecular flexibility index (Phi) is 8.06. The van der Waals surface area contributed by atoms with Gasteiger partial charge in [-0.1, -0.05) is 176 Å². The number of amidine groups is 2. The van der Waals surface area contributed by atoms with Gasteiger partial charge >= 0.3 is 0 Å². The lowest BCUT2D eigenvalue weighted by Crippen LogP contribution is -2.33. The Balaban J connectivity index is 0.979. The topological polar surface area (TPSA) is 49.9 Å². The van der Waals surface area contributed by atoms with Crippen LogP contribution < -0.4 is 5.32 Å². The molecule has 60 heavy (non-hydrogen) atoms. The van der Waals surface area contributed by atoms with Gasteiger partial charge in [-0.3, -0.25) is 0 Å². The highest BCUT2D eigenvalue weighted by atomic mass is 32.1. The Labute approximate surface area is 350 Å². The number of nitrogens with zero attached hydrogens (tertiary/aromatic N) is 2. The van der Waals surface area contributed by atoms with Gasteiger partial charge in [0.15, 0.2) is 5.84 Å². The average molecular weight is 786 g/mol. The molecule has 0 saturated heterocycles. The molecule has 1 unspecified atom stereocenters. The molecule has 5 heteroatoms. The highest BCUT2D eigenvalue weighted by molar-refractivity contribution is 7.26. The minimum absolute atomic E-state index is 0.422. The predicted octanol–water partition coefficient (Wildman–Crippen LogP) is 14.6. The van der Waals surface area contributed by atoms with Crippen molar-refractivity contribution in [3.63, 3.8) is 0 Å². The quantitative estimate of drug-likeness (QED) is 0.183. The molecule has 4 nitrogen and oxygen atoms in total. The van der Waals surface area contributed by atoms with E-state index in [0.717, 1.165) is 66.5 Å². The Morgan fingerprint density at radius 3 is 1.80 bits per heavy atom. The first-order chi connectivity index (χ1) is 29.7. The number of rotatable bonds is 6. The first-order valence-electron chi connectivity index (χ1n) is 20.3. The largest absolute Gasteiger partial charge is 0.456 e. The molecule has 1 N–H and O–H groups in total. The van der Waals surface area contributed by atoms with Gasteiger partial charge < -0.3 is 9.73 Å². The van der Waals surface area contributed by atoms with Crippen LogP contribution in [0.5, 0.6) is 0 Å². The van der Waals surface area contributed by atoms with E-state index < -0.39 is 6.17 Å². The van der Waals surface area contributed by atoms with E-state index in [1.165, 1.54) is 42.2 Å². The van der Waals surface area contributed by atoms with Gasteiger partial charge in [0.1, 0.15) is 23.2 Å². The molecule has 0 fully saturated rings. The Morgan fingerprint density at radius 1 is 0.433 bits per heavy atom. The summed E-state index contributed by atoms with van der Waals surface area (Å²) in [5.41, 5.74) is 11.9. The van der Waals surface area contributed by atoms with Gasteiger partial charge in [-0.2, -0.15) is 0 Å². The van der Waals surface area contributed by atoms with Crippen LogP contribution in [0.15, 0.2) is 215 Å². The maximum Gasteiger partial charge on any atom is 0.159 e. The number of hydrogen-bond acceptors (Lipinski definition) is 5. The van der Waals surface area contributed by atoms with E-state index in [4.69, 9.17) is 14.4 Å². The van der Waals surface area contributed by atoms with E-state index in [2.05, 4.69) is 193 Å². The van der Waals surface area contributed by atoms with Gasteiger partial charge in [0.2, 0.25) is 0 Å². The van der Waals surface area contributed by atoms with E-state index in [-0.39, 0.29) is 0 Å². The molecule has 9 aromatic carbocycles. The van der Waals surface area contributed by atoms with Gasteiger partial charge in [-0.15, -0.1) is 11.3 Å². The van der Waals surface area contributed by atoms with Crippen LogP contribution in [0.2, 0.25) is 0 Å². The Bertz CT molecular complexity index is 3510. The number of thiophene rings is 1. The van der Waals surface area contributed by atoms with E-state index in [0.29, 0.717) is 5.84 Å². The van der Waals surface area contributed by atoms with Crippen LogP contribution in [0.3, 0.4) is 0 Å². The molecular formula is C55H35N3OS. The predicted molar refractivity (Wildman–Crippen MR) is 252 cm³/mol. The van der Waals surface area contributed by atoms with Crippen LogP contribution in [0.25, 0.3) is 86.3 Å². The van der Waals surface area contributed by atoms with Crippen molar-refractivity contribution in [1.82, 2.24) is 5.32 Å². The van der Waals surface area contributed by atoms with E-state index >= 15 is 0 Å². The molecule has 2 aromatic heterocycles. The first kappa shape index (κ1) is 34.4.